The molecule has 0 saturated heterocycles. The lowest BCUT2D eigenvalue weighted by Gasteiger charge is -2.14. The summed E-state index contributed by atoms with van der Waals surface area (Å²) in [6, 6.07) is 68.6. The average Bonchev–Trinajstić information content (AvgIpc) is 3.62. The van der Waals surface area contributed by atoms with Crippen molar-refractivity contribution < 1.29 is 0 Å². The molecule has 0 aliphatic rings. The third kappa shape index (κ3) is 5.11. The zero-order chi connectivity index (χ0) is 36.3. The van der Waals surface area contributed by atoms with Gasteiger partial charge in [-0.25, -0.2) is 15.0 Å². The molecule has 4 heteroatoms. The molecule has 0 spiro atoms. The number of benzene rings is 9. The number of hydrogen-bond acceptors (Lipinski definition) is 3. The van der Waals surface area contributed by atoms with Crippen molar-refractivity contribution in [3.8, 4) is 51.0 Å². The van der Waals surface area contributed by atoms with Gasteiger partial charge in [0.05, 0.1) is 11.0 Å². The van der Waals surface area contributed by atoms with Crippen LogP contribution in [0, 0.1) is 0 Å². The number of hydrogen-bond donors (Lipinski definition) is 0. The van der Waals surface area contributed by atoms with Gasteiger partial charge in [0.2, 0.25) is 0 Å². The second-order valence-electron chi connectivity index (χ2n) is 14.0. The number of para-hydroxylation sites is 1. The molecule has 0 N–H and O–H groups in total. The molecule has 2 aromatic heterocycles. The third-order valence-corrected chi connectivity index (χ3v) is 10.8. The highest BCUT2D eigenvalue weighted by Crippen LogP contribution is 2.45. The molecule has 0 fully saturated rings. The van der Waals surface area contributed by atoms with E-state index in [1.807, 2.05) is 24.3 Å². The van der Waals surface area contributed by atoms with E-state index in [0.717, 1.165) is 33.5 Å². The third-order valence-electron chi connectivity index (χ3n) is 10.8. The second kappa shape index (κ2) is 12.6. The van der Waals surface area contributed by atoms with Crippen molar-refractivity contribution in [1.82, 2.24) is 19.5 Å². The highest BCUT2D eigenvalue weighted by molar-refractivity contribution is 6.36. The molecule has 0 saturated carbocycles. The molecule has 4 nitrogen and oxygen atoms in total. The Labute approximate surface area is 317 Å². The topological polar surface area (TPSA) is 43.6 Å². The van der Waals surface area contributed by atoms with Crippen LogP contribution < -0.4 is 0 Å². The van der Waals surface area contributed by atoms with E-state index in [-0.39, 0.29) is 0 Å². The molecule has 0 aliphatic carbocycles. The van der Waals surface area contributed by atoms with Gasteiger partial charge >= 0.3 is 0 Å². The van der Waals surface area contributed by atoms with E-state index in [4.69, 9.17) is 15.0 Å². The fraction of sp³-hybridized carbons (Fsp3) is 0. The summed E-state index contributed by atoms with van der Waals surface area (Å²) in [6.07, 6.45) is 0. The molecule has 11 aromatic rings. The van der Waals surface area contributed by atoms with Gasteiger partial charge in [0.15, 0.2) is 17.5 Å². The molecular formula is C51H32N4. The van der Waals surface area contributed by atoms with Crippen LogP contribution in [0.4, 0.5) is 0 Å². The Balaban J connectivity index is 1.15. The highest BCUT2D eigenvalue weighted by Gasteiger charge is 2.21. The Morgan fingerprint density at radius 2 is 0.836 bits per heavy atom. The van der Waals surface area contributed by atoms with E-state index >= 15 is 0 Å². The zero-order valence-corrected chi connectivity index (χ0v) is 29.8. The summed E-state index contributed by atoms with van der Waals surface area (Å²) >= 11 is 0. The van der Waals surface area contributed by atoms with Gasteiger partial charge in [-0.3, -0.25) is 0 Å². The largest absolute Gasteiger partial charge is 0.309 e. The minimum absolute atomic E-state index is 0.625. The van der Waals surface area contributed by atoms with Crippen LogP contribution in [0.1, 0.15) is 0 Å². The first-order valence-corrected chi connectivity index (χ1v) is 18.6. The molecule has 0 aliphatic heterocycles. The quantitative estimate of drug-likeness (QED) is 0.168. The van der Waals surface area contributed by atoms with E-state index in [9.17, 15) is 0 Å². The van der Waals surface area contributed by atoms with E-state index in [2.05, 4.69) is 174 Å². The van der Waals surface area contributed by atoms with Crippen molar-refractivity contribution in [2.75, 3.05) is 0 Å². The van der Waals surface area contributed by atoms with Crippen molar-refractivity contribution in [3.63, 3.8) is 0 Å². The van der Waals surface area contributed by atoms with Crippen LogP contribution in [0.5, 0.6) is 0 Å². The molecule has 0 amide bonds. The summed E-state index contributed by atoms with van der Waals surface area (Å²) in [6.45, 7) is 0. The Morgan fingerprint density at radius 1 is 0.309 bits per heavy atom. The maximum atomic E-state index is 5.14. The van der Waals surface area contributed by atoms with Gasteiger partial charge in [0, 0.05) is 43.9 Å². The Hall–Kier alpha value is -7.43. The fourth-order valence-electron chi connectivity index (χ4n) is 8.28. The number of aromatic nitrogens is 4. The molecule has 0 atom stereocenters. The van der Waals surface area contributed by atoms with Crippen LogP contribution in [0.15, 0.2) is 194 Å². The predicted octanol–water partition coefficient (Wildman–Crippen LogP) is 13.1. The average molecular weight is 701 g/mol. The Bertz CT molecular complexity index is 3240. The summed E-state index contributed by atoms with van der Waals surface area (Å²) in [5.41, 5.74) is 8.50. The van der Waals surface area contributed by atoms with Gasteiger partial charge in [0.25, 0.3) is 0 Å². The predicted molar refractivity (Wildman–Crippen MR) is 228 cm³/mol. The molecular weight excluding hydrogens is 669 g/mol. The number of nitrogens with zero attached hydrogens (tertiary/aromatic N) is 4. The Morgan fingerprint density at radius 3 is 1.58 bits per heavy atom. The fourth-order valence-corrected chi connectivity index (χ4v) is 8.28. The molecule has 256 valence electrons. The van der Waals surface area contributed by atoms with Crippen molar-refractivity contribution in [2.45, 2.75) is 0 Å². The van der Waals surface area contributed by atoms with Gasteiger partial charge in [-0.1, -0.05) is 176 Å². The highest BCUT2D eigenvalue weighted by atomic mass is 15.0. The number of fused-ring (bicyclic) bond motifs is 10. The van der Waals surface area contributed by atoms with Crippen molar-refractivity contribution in [3.05, 3.63) is 194 Å². The van der Waals surface area contributed by atoms with E-state index in [1.165, 1.54) is 54.2 Å². The van der Waals surface area contributed by atoms with Crippen LogP contribution in [0.25, 0.3) is 105 Å². The maximum Gasteiger partial charge on any atom is 0.164 e. The van der Waals surface area contributed by atoms with Crippen LogP contribution in [0.2, 0.25) is 0 Å². The SMILES string of the molecule is c1ccc(-c2ccc(-c3nc(-c4ccccc4)nc(-c4cccc(-n5c6ccccc6c6c7c8ccccc8ccc7c7ccccc7c65)c4)n3)cc2)cc1. The first-order valence-electron chi connectivity index (χ1n) is 18.6. The molecule has 2 heterocycles. The molecule has 9 aromatic carbocycles. The van der Waals surface area contributed by atoms with Gasteiger partial charge in [-0.05, 0) is 50.9 Å². The second-order valence-corrected chi connectivity index (χ2v) is 14.0. The van der Waals surface area contributed by atoms with Crippen LogP contribution >= 0.6 is 0 Å². The zero-order valence-electron chi connectivity index (χ0n) is 29.8. The summed E-state index contributed by atoms with van der Waals surface area (Å²) in [5, 5.41) is 9.99. The van der Waals surface area contributed by atoms with E-state index in [1.54, 1.807) is 0 Å². The maximum absolute atomic E-state index is 5.14. The van der Waals surface area contributed by atoms with Gasteiger partial charge < -0.3 is 4.57 Å². The molecule has 55 heavy (non-hydrogen) atoms. The molecule has 0 unspecified atom stereocenters. The summed E-state index contributed by atoms with van der Waals surface area (Å²) in [4.78, 5) is 15.3. The van der Waals surface area contributed by atoms with Crippen LogP contribution in [-0.4, -0.2) is 19.5 Å². The van der Waals surface area contributed by atoms with Crippen LogP contribution in [0.3, 0.4) is 0 Å². The van der Waals surface area contributed by atoms with Crippen molar-refractivity contribution in [2.24, 2.45) is 0 Å². The minimum atomic E-state index is 0.625. The van der Waals surface area contributed by atoms with Crippen molar-refractivity contribution >= 4 is 54.1 Å². The van der Waals surface area contributed by atoms with E-state index < -0.39 is 0 Å². The lowest BCUT2D eigenvalue weighted by atomic mass is 9.93. The first-order chi connectivity index (χ1) is 27.3. The monoisotopic (exact) mass is 700 g/mol. The summed E-state index contributed by atoms with van der Waals surface area (Å²) in [5.74, 6) is 1.90. The minimum Gasteiger partial charge on any atom is -0.309 e. The smallest absolute Gasteiger partial charge is 0.164 e. The normalized spacial score (nSPS) is 11.6. The molecule has 11 rings (SSSR count). The summed E-state index contributed by atoms with van der Waals surface area (Å²) < 4.78 is 2.43. The van der Waals surface area contributed by atoms with Gasteiger partial charge in [-0.15, -0.1) is 0 Å². The Kier molecular flexibility index (Phi) is 7.14. The lowest BCUT2D eigenvalue weighted by Crippen LogP contribution is -2.01. The van der Waals surface area contributed by atoms with Crippen LogP contribution in [-0.2, 0) is 0 Å². The lowest BCUT2D eigenvalue weighted by molar-refractivity contribution is 1.07. The summed E-state index contributed by atoms with van der Waals surface area (Å²) in [7, 11) is 0. The van der Waals surface area contributed by atoms with Crippen molar-refractivity contribution in [1.29, 1.82) is 0 Å². The standard InChI is InChI=1S/C51H32N4/c1-3-14-33(15-4-1)34-26-28-37(29-27-34)50-52-49(36-17-5-2-6-18-36)53-51(54-50)38-19-13-20-39(32-38)55-45-25-12-11-24-44(45)47-46-40-21-8-7-16-35(40)30-31-42(46)41-22-9-10-23-43(41)48(47)55/h1-32H. The first kappa shape index (κ1) is 31.1. The molecule has 0 radical (unpaired) electrons. The molecule has 0 bridgehead atoms. The van der Waals surface area contributed by atoms with Gasteiger partial charge in [0.1, 0.15) is 0 Å². The van der Waals surface area contributed by atoms with Gasteiger partial charge in [-0.2, -0.15) is 0 Å². The number of rotatable bonds is 5. The van der Waals surface area contributed by atoms with E-state index in [0.29, 0.717) is 17.5 Å².